The smallest absolute Gasteiger partial charge is 0.408 e. The predicted molar refractivity (Wildman–Crippen MR) is 168 cm³/mol. The van der Waals surface area contributed by atoms with E-state index in [4.69, 9.17) is 14.2 Å². The topological polar surface area (TPSA) is 129 Å². The third kappa shape index (κ3) is 7.89. The lowest BCUT2D eigenvalue weighted by Crippen LogP contribution is -2.50. The molecule has 0 saturated carbocycles. The lowest BCUT2D eigenvalue weighted by Gasteiger charge is -2.41. The van der Waals surface area contributed by atoms with Gasteiger partial charge in [-0.15, -0.1) is 0 Å². The maximum atomic E-state index is 13.9. The molecule has 0 spiro atoms. The first-order valence-corrected chi connectivity index (χ1v) is 15.1. The molecule has 11 nitrogen and oxygen atoms in total. The standard InChI is InChI=1S/C34H42N4O7/c1-21(2)28(36-33(42)45-34(5,6)7)32(41)44-20-43-30-26(39)18-35-38-25(19-37(22(3)4)31(40)29(30)38)27(23-14-10-8-11-15-23)24-16-12-9-13-17-24/h8-18,21-22,25,27-28H,19-20H2,1-7H3,(H,36,42)/t25-,28+/m1/s1. The molecule has 4 rings (SSSR count). The Hall–Kier alpha value is -4.67. The average Bonchev–Trinajstić information content (AvgIpc) is 2.98. The zero-order valence-electron chi connectivity index (χ0n) is 26.9. The first-order chi connectivity index (χ1) is 21.3. The van der Waals surface area contributed by atoms with E-state index >= 15 is 0 Å². The van der Waals surface area contributed by atoms with Crippen LogP contribution in [0.4, 0.5) is 4.79 Å². The SMILES string of the molecule is CC(C)[C@H](NC(=O)OC(C)(C)C)C(=O)OCOc1c2n(ncc1=O)[C@@H](C(c1ccccc1)c1ccccc1)CN(C(C)C)C2=O. The number of ether oxygens (including phenoxy) is 3. The van der Waals surface area contributed by atoms with Gasteiger partial charge in [0, 0.05) is 18.5 Å². The molecule has 11 heteroatoms. The summed E-state index contributed by atoms with van der Waals surface area (Å²) in [6, 6.07) is 18.3. The van der Waals surface area contributed by atoms with E-state index in [2.05, 4.69) is 10.4 Å². The third-order valence-corrected chi connectivity index (χ3v) is 7.45. The second kappa shape index (κ2) is 14.0. The molecule has 0 bridgehead atoms. The molecule has 2 atom stereocenters. The highest BCUT2D eigenvalue weighted by Crippen LogP contribution is 2.39. The number of carbonyl (C=O) groups is 3. The third-order valence-electron chi connectivity index (χ3n) is 7.45. The van der Waals surface area contributed by atoms with Crippen LogP contribution in [0.5, 0.6) is 5.75 Å². The van der Waals surface area contributed by atoms with E-state index in [-0.39, 0.29) is 29.3 Å². The number of carbonyl (C=O) groups excluding carboxylic acids is 3. The summed E-state index contributed by atoms with van der Waals surface area (Å²) in [4.78, 5) is 54.0. The number of fused-ring (bicyclic) bond motifs is 1. The fraction of sp³-hybridized carbons (Fsp3) is 0.441. The number of aromatic nitrogens is 2. The van der Waals surface area contributed by atoms with Crippen molar-refractivity contribution in [3.05, 3.63) is 93.9 Å². The Balaban J connectivity index is 1.67. The summed E-state index contributed by atoms with van der Waals surface area (Å²) in [7, 11) is 0. The van der Waals surface area contributed by atoms with Crippen LogP contribution in [0.3, 0.4) is 0 Å². The number of nitrogens with one attached hydrogen (secondary N) is 1. The summed E-state index contributed by atoms with van der Waals surface area (Å²) in [5, 5.41) is 6.97. The number of esters is 1. The summed E-state index contributed by atoms with van der Waals surface area (Å²) < 4.78 is 17.9. The molecule has 1 aromatic heterocycles. The summed E-state index contributed by atoms with van der Waals surface area (Å²) in [6.45, 7) is 12.1. The van der Waals surface area contributed by atoms with Crippen molar-refractivity contribution in [2.45, 2.75) is 78.1 Å². The fourth-order valence-corrected chi connectivity index (χ4v) is 5.35. The lowest BCUT2D eigenvalue weighted by molar-refractivity contribution is -0.154. The number of nitrogens with zero attached hydrogens (tertiary/aromatic N) is 3. The van der Waals surface area contributed by atoms with E-state index in [9.17, 15) is 19.2 Å². The van der Waals surface area contributed by atoms with Gasteiger partial charge in [-0.25, -0.2) is 9.59 Å². The van der Waals surface area contributed by atoms with E-state index in [1.165, 1.54) is 0 Å². The number of alkyl carbamates (subject to hydrolysis) is 1. The van der Waals surface area contributed by atoms with E-state index in [1.54, 1.807) is 44.2 Å². The van der Waals surface area contributed by atoms with Crippen molar-refractivity contribution in [2.75, 3.05) is 13.3 Å². The fourth-order valence-electron chi connectivity index (χ4n) is 5.35. The molecule has 2 aromatic carbocycles. The molecule has 0 unspecified atom stereocenters. The van der Waals surface area contributed by atoms with Gasteiger partial charge in [-0.3, -0.25) is 14.3 Å². The molecule has 2 amide bonds. The number of hydrogen-bond donors (Lipinski definition) is 1. The van der Waals surface area contributed by atoms with E-state index in [1.807, 2.05) is 74.5 Å². The molecule has 45 heavy (non-hydrogen) atoms. The Labute approximate surface area is 263 Å². The Kier molecular flexibility index (Phi) is 10.3. The van der Waals surface area contributed by atoms with Crippen molar-refractivity contribution in [3.8, 4) is 5.75 Å². The number of amides is 2. The molecular weight excluding hydrogens is 576 g/mol. The van der Waals surface area contributed by atoms with Crippen LogP contribution in [0, 0.1) is 5.92 Å². The largest absolute Gasteiger partial charge is 0.451 e. The van der Waals surface area contributed by atoms with Crippen molar-refractivity contribution in [3.63, 3.8) is 0 Å². The van der Waals surface area contributed by atoms with Crippen molar-refractivity contribution in [1.29, 1.82) is 0 Å². The second-order valence-electron chi connectivity index (χ2n) is 12.6. The van der Waals surface area contributed by atoms with E-state index < -0.39 is 47.9 Å². The average molecular weight is 619 g/mol. The normalized spacial score (nSPS) is 15.6. The molecule has 1 N–H and O–H groups in total. The van der Waals surface area contributed by atoms with Gasteiger partial charge in [0.15, 0.2) is 5.69 Å². The van der Waals surface area contributed by atoms with Crippen molar-refractivity contribution in [1.82, 2.24) is 20.0 Å². The maximum Gasteiger partial charge on any atom is 0.408 e. The Bertz CT molecular complexity index is 1510. The van der Waals surface area contributed by atoms with Crippen molar-refractivity contribution >= 4 is 18.0 Å². The maximum absolute atomic E-state index is 13.9. The van der Waals surface area contributed by atoms with Gasteiger partial charge in [0.1, 0.15) is 11.6 Å². The van der Waals surface area contributed by atoms with Crippen molar-refractivity contribution < 1.29 is 28.6 Å². The predicted octanol–water partition coefficient (Wildman–Crippen LogP) is 4.91. The van der Waals surface area contributed by atoms with Gasteiger partial charge >= 0.3 is 12.1 Å². The van der Waals surface area contributed by atoms with Gasteiger partial charge in [-0.2, -0.15) is 5.10 Å². The molecule has 3 aromatic rings. The minimum Gasteiger partial charge on any atom is -0.451 e. The first-order valence-electron chi connectivity index (χ1n) is 15.1. The van der Waals surface area contributed by atoms with Gasteiger partial charge in [-0.05, 0) is 51.7 Å². The van der Waals surface area contributed by atoms with Gasteiger partial charge in [0.05, 0.1) is 12.2 Å². The Morgan fingerprint density at radius 1 is 0.956 bits per heavy atom. The summed E-state index contributed by atoms with van der Waals surface area (Å²) >= 11 is 0. The molecule has 0 radical (unpaired) electrons. The van der Waals surface area contributed by atoms with Crippen LogP contribution < -0.4 is 15.5 Å². The molecule has 1 aliphatic heterocycles. The van der Waals surface area contributed by atoms with Crippen LogP contribution >= 0.6 is 0 Å². The lowest BCUT2D eigenvalue weighted by atomic mass is 9.83. The summed E-state index contributed by atoms with van der Waals surface area (Å²) in [5.41, 5.74) is 0.639. The molecule has 240 valence electrons. The number of hydrogen-bond acceptors (Lipinski definition) is 8. The zero-order chi connectivity index (χ0) is 32.9. The van der Waals surface area contributed by atoms with Gasteiger partial charge in [0.2, 0.25) is 18.0 Å². The molecule has 0 aliphatic carbocycles. The second-order valence-corrected chi connectivity index (χ2v) is 12.6. The number of rotatable bonds is 10. The van der Waals surface area contributed by atoms with Crippen LogP contribution in [-0.2, 0) is 14.3 Å². The van der Waals surface area contributed by atoms with Crippen LogP contribution in [-0.4, -0.2) is 63.7 Å². The van der Waals surface area contributed by atoms with Crippen LogP contribution in [0.25, 0.3) is 0 Å². The van der Waals surface area contributed by atoms with Crippen LogP contribution in [0.1, 0.15) is 82.0 Å². The quantitative estimate of drug-likeness (QED) is 0.251. The van der Waals surface area contributed by atoms with Gasteiger partial charge in [-0.1, -0.05) is 74.5 Å². The Morgan fingerprint density at radius 2 is 1.53 bits per heavy atom. The monoisotopic (exact) mass is 618 g/mol. The molecule has 1 aliphatic rings. The van der Waals surface area contributed by atoms with E-state index in [0.29, 0.717) is 6.54 Å². The molecule has 0 saturated heterocycles. The van der Waals surface area contributed by atoms with Crippen LogP contribution in [0.2, 0.25) is 0 Å². The molecule has 0 fully saturated rings. The summed E-state index contributed by atoms with van der Waals surface area (Å²) in [5.74, 6) is -2.01. The molecule has 2 heterocycles. The van der Waals surface area contributed by atoms with E-state index in [0.717, 1.165) is 17.3 Å². The highest BCUT2D eigenvalue weighted by Gasteiger charge is 2.41. The minimum absolute atomic E-state index is 0.0207. The zero-order valence-corrected chi connectivity index (χ0v) is 26.9. The highest BCUT2D eigenvalue weighted by atomic mass is 16.7. The van der Waals surface area contributed by atoms with Gasteiger partial charge < -0.3 is 24.4 Å². The van der Waals surface area contributed by atoms with Crippen LogP contribution in [0.15, 0.2) is 71.7 Å². The highest BCUT2D eigenvalue weighted by molar-refractivity contribution is 5.96. The Morgan fingerprint density at radius 3 is 2.04 bits per heavy atom. The minimum atomic E-state index is -1.03. The molecular formula is C34H42N4O7. The first kappa shape index (κ1) is 33.2. The summed E-state index contributed by atoms with van der Waals surface area (Å²) in [6.07, 6.45) is 0.345. The number of benzene rings is 2. The van der Waals surface area contributed by atoms with Gasteiger partial charge in [0.25, 0.3) is 5.91 Å². The van der Waals surface area contributed by atoms with Crippen molar-refractivity contribution in [2.24, 2.45) is 5.92 Å².